The van der Waals surface area contributed by atoms with Crippen LogP contribution >= 0.6 is 0 Å². The highest BCUT2D eigenvalue weighted by Gasteiger charge is 2.29. The van der Waals surface area contributed by atoms with Crippen molar-refractivity contribution in [3.63, 3.8) is 0 Å². The fourth-order valence-electron chi connectivity index (χ4n) is 4.03. The fourth-order valence-corrected chi connectivity index (χ4v) is 4.03. The first-order chi connectivity index (χ1) is 13.2. The topological polar surface area (TPSA) is 60.0 Å². The highest BCUT2D eigenvalue weighted by Crippen LogP contribution is 2.18. The normalized spacial score (nSPS) is 23.9. The molecule has 6 heteroatoms. The van der Waals surface area contributed by atoms with Gasteiger partial charge in [0, 0.05) is 51.6 Å². The summed E-state index contributed by atoms with van der Waals surface area (Å²) >= 11 is 0. The van der Waals surface area contributed by atoms with Crippen LogP contribution in [0.3, 0.4) is 0 Å². The summed E-state index contributed by atoms with van der Waals surface area (Å²) in [6.45, 7) is 4.53. The van der Waals surface area contributed by atoms with Gasteiger partial charge in [-0.2, -0.15) is 0 Å². The zero-order valence-corrected chi connectivity index (χ0v) is 16.7. The molecule has 1 amide bonds. The van der Waals surface area contributed by atoms with Crippen molar-refractivity contribution in [3.8, 4) is 0 Å². The van der Waals surface area contributed by atoms with Crippen molar-refractivity contribution >= 4 is 11.9 Å². The van der Waals surface area contributed by atoms with Crippen LogP contribution in [0.25, 0.3) is 0 Å². The van der Waals surface area contributed by atoms with E-state index in [-0.39, 0.29) is 5.91 Å². The molecule has 2 aliphatic rings. The molecule has 2 saturated heterocycles. The van der Waals surface area contributed by atoms with E-state index in [4.69, 9.17) is 0 Å². The summed E-state index contributed by atoms with van der Waals surface area (Å²) in [4.78, 5) is 21.0. The van der Waals surface area contributed by atoms with Gasteiger partial charge in [0.2, 0.25) is 5.91 Å². The molecule has 3 rings (SSSR count). The second kappa shape index (κ2) is 9.74. The SMILES string of the molecule is CN=C(NCC1CC(=O)N(CCc2ccccc2)C1)NCC1CCCN1C. The third-order valence-electron chi connectivity index (χ3n) is 5.77. The van der Waals surface area contributed by atoms with Crippen molar-refractivity contribution in [2.45, 2.75) is 31.7 Å². The molecule has 148 valence electrons. The highest BCUT2D eigenvalue weighted by molar-refractivity contribution is 5.80. The summed E-state index contributed by atoms with van der Waals surface area (Å²) in [5.41, 5.74) is 1.29. The van der Waals surface area contributed by atoms with Crippen LogP contribution in [0.4, 0.5) is 0 Å². The number of nitrogens with one attached hydrogen (secondary N) is 2. The van der Waals surface area contributed by atoms with Crippen LogP contribution in [0.5, 0.6) is 0 Å². The summed E-state index contributed by atoms with van der Waals surface area (Å²) < 4.78 is 0. The van der Waals surface area contributed by atoms with Crippen LogP contribution in [0, 0.1) is 5.92 Å². The molecule has 2 aliphatic heterocycles. The van der Waals surface area contributed by atoms with E-state index in [2.05, 4.69) is 51.8 Å². The number of hydrogen-bond donors (Lipinski definition) is 2. The number of hydrogen-bond acceptors (Lipinski definition) is 3. The fraction of sp³-hybridized carbons (Fsp3) is 0.619. The minimum Gasteiger partial charge on any atom is -0.356 e. The minimum absolute atomic E-state index is 0.272. The van der Waals surface area contributed by atoms with Crippen LogP contribution in [-0.2, 0) is 11.2 Å². The van der Waals surface area contributed by atoms with Gasteiger partial charge in [0.1, 0.15) is 0 Å². The van der Waals surface area contributed by atoms with Crippen molar-refractivity contribution in [2.24, 2.45) is 10.9 Å². The standard InChI is InChI=1S/C21H33N5O/c1-22-21(24-15-19-9-6-11-25(19)2)23-14-18-13-20(27)26(16-18)12-10-17-7-4-3-5-8-17/h3-5,7-8,18-19H,6,9-16H2,1-2H3,(H2,22,23,24). The zero-order chi connectivity index (χ0) is 19.1. The number of rotatable bonds is 7. The summed E-state index contributed by atoms with van der Waals surface area (Å²) in [5.74, 6) is 1.46. The van der Waals surface area contributed by atoms with Gasteiger partial charge in [0.15, 0.2) is 5.96 Å². The van der Waals surface area contributed by atoms with Crippen molar-refractivity contribution in [1.29, 1.82) is 0 Å². The lowest BCUT2D eigenvalue weighted by Gasteiger charge is -2.22. The van der Waals surface area contributed by atoms with Gasteiger partial charge in [-0.15, -0.1) is 0 Å². The second-order valence-electron chi connectivity index (χ2n) is 7.76. The first kappa shape index (κ1) is 19.7. The Kier molecular flexibility index (Phi) is 7.10. The number of aliphatic imine (C=N–C) groups is 1. The molecule has 0 aliphatic carbocycles. The Morgan fingerprint density at radius 2 is 2.00 bits per heavy atom. The molecule has 0 spiro atoms. The van der Waals surface area contributed by atoms with Gasteiger partial charge in [0.05, 0.1) is 0 Å². The summed E-state index contributed by atoms with van der Waals surface area (Å²) in [5, 5.41) is 6.84. The van der Waals surface area contributed by atoms with Crippen LogP contribution in [0.1, 0.15) is 24.8 Å². The third-order valence-corrected chi connectivity index (χ3v) is 5.77. The Bertz CT molecular complexity index is 633. The smallest absolute Gasteiger partial charge is 0.223 e. The van der Waals surface area contributed by atoms with Crippen molar-refractivity contribution in [1.82, 2.24) is 20.4 Å². The number of guanidine groups is 1. The van der Waals surface area contributed by atoms with Crippen LogP contribution in [0.2, 0.25) is 0 Å². The number of likely N-dealkylation sites (tertiary alicyclic amines) is 2. The van der Waals surface area contributed by atoms with Crippen LogP contribution < -0.4 is 10.6 Å². The molecular formula is C21H33N5O. The second-order valence-corrected chi connectivity index (χ2v) is 7.76. The molecule has 0 aromatic heterocycles. The Labute approximate surface area is 163 Å². The zero-order valence-electron chi connectivity index (χ0n) is 16.7. The monoisotopic (exact) mass is 371 g/mol. The average Bonchev–Trinajstić information content (AvgIpc) is 3.26. The van der Waals surface area contributed by atoms with Crippen molar-refractivity contribution in [3.05, 3.63) is 35.9 Å². The Morgan fingerprint density at radius 1 is 1.22 bits per heavy atom. The number of benzene rings is 1. The van der Waals surface area contributed by atoms with Crippen molar-refractivity contribution < 1.29 is 4.79 Å². The molecule has 2 unspecified atom stereocenters. The molecule has 6 nitrogen and oxygen atoms in total. The molecule has 1 aromatic rings. The number of nitrogens with zero attached hydrogens (tertiary/aromatic N) is 3. The van der Waals surface area contributed by atoms with Gasteiger partial charge in [-0.3, -0.25) is 9.79 Å². The van der Waals surface area contributed by atoms with Crippen LogP contribution in [0.15, 0.2) is 35.3 Å². The number of likely N-dealkylation sites (N-methyl/N-ethyl adjacent to an activating group) is 1. The molecule has 0 saturated carbocycles. The molecule has 0 radical (unpaired) electrons. The highest BCUT2D eigenvalue weighted by atomic mass is 16.2. The Balaban J connectivity index is 1.38. The predicted octanol–water partition coefficient (Wildman–Crippen LogP) is 1.34. The minimum atomic E-state index is 0.272. The van der Waals surface area contributed by atoms with E-state index in [0.29, 0.717) is 18.4 Å². The maximum Gasteiger partial charge on any atom is 0.223 e. The molecule has 2 fully saturated rings. The maximum atomic E-state index is 12.3. The van der Waals surface area contributed by atoms with E-state index in [1.807, 2.05) is 11.0 Å². The predicted molar refractivity (Wildman–Crippen MR) is 110 cm³/mol. The van der Waals surface area contributed by atoms with Gasteiger partial charge < -0.3 is 20.4 Å². The lowest BCUT2D eigenvalue weighted by molar-refractivity contribution is -0.127. The Morgan fingerprint density at radius 3 is 2.70 bits per heavy atom. The summed E-state index contributed by atoms with van der Waals surface area (Å²) in [7, 11) is 3.99. The average molecular weight is 372 g/mol. The van der Waals surface area contributed by atoms with Gasteiger partial charge in [-0.25, -0.2) is 0 Å². The summed E-state index contributed by atoms with van der Waals surface area (Å²) in [6.07, 6.45) is 4.07. The van der Waals surface area contributed by atoms with E-state index in [0.717, 1.165) is 38.6 Å². The number of carbonyl (C=O) groups is 1. The molecular weight excluding hydrogens is 338 g/mol. The molecule has 1 aromatic carbocycles. The van der Waals surface area contributed by atoms with E-state index in [1.54, 1.807) is 7.05 Å². The van der Waals surface area contributed by atoms with Crippen LogP contribution in [-0.4, -0.2) is 74.5 Å². The molecule has 27 heavy (non-hydrogen) atoms. The van der Waals surface area contributed by atoms with Gasteiger partial charge in [0.25, 0.3) is 0 Å². The first-order valence-corrected chi connectivity index (χ1v) is 10.1. The maximum absolute atomic E-state index is 12.3. The number of carbonyl (C=O) groups excluding carboxylic acids is 1. The largest absolute Gasteiger partial charge is 0.356 e. The van der Waals surface area contributed by atoms with E-state index in [1.165, 1.54) is 24.9 Å². The van der Waals surface area contributed by atoms with E-state index in [9.17, 15) is 4.79 Å². The van der Waals surface area contributed by atoms with E-state index >= 15 is 0 Å². The van der Waals surface area contributed by atoms with Crippen molar-refractivity contribution in [2.75, 3.05) is 46.8 Å². The Hall–Kier alpha value is -2.08. The lowest BCUT2D eigenvalue weighted by atomic mass is 10.1. The third kappa shape index (κ3) is 5.70. The summed E-state index contributed by atoms with van der Waals surface area (Å²) in [6, 6.07) is 11.0. The van der Waals surface area contributed by atoms with Gasteiger partial charge in [-0.05, 0) is 38.4 Å². The van der Waals surface area contributed by atoms with E-state index < -0.39 is 0 Å². The molecule has 2 atom stereocenters. The molecule has 2 N–H and O–H groups in total. The van der Waals surface area contributed by atoms with Gasteiger partial charge >= 0.3 is 0 Å². The quantitative estimate of drug-likeness (QED) is 0.561. The lowest BCUT2D eigenvalue weighted by Crippen LogP contribution is -2.45. The number of amides is 1. The first-order valence-electron chi connectivity index (χ1n) is 10.1. The van der Waals surface area contributed by atoms with Gasteiger partial charge in [-0.1, -0.05) is 30.3 Å². The molecule has 0 bridgehead atoms. The molecule has 2 heterocycles.